The lowest BCUT2D eigenvalue weighted by Crippen LogP contribution is -2.57. The second kappa shape index (κ2) is 10.6. The second-order valence-corrected chi connectivity index (χ2v) is 8.85. The number of fused-ring (bicyclic) bond motifs is 1. The van der Waals surface area contributed by atoms with Crippen molar-refractivity contribution in [3.63, 3.8) is 0 Å². The summed E-state index contributed by atoms with van der Waals surface area (Å²) in [5.74, 6) is 0.297. The first-order chi connectivity index (χ1) is 17.2. The Labute approximate surface area is 204 Å². The minimum atomic E-state index is -0.514. The van der Waals surface area contributed by atoms with Gasteiger partial charge >= 0.3 is 6.09 Å². The Kier molecular flexibility index (Phi) is 6.90. The largest absolute Gasteiger partial charge is 0.412 e. The first-order valence-electron chi connectivity index (χ1n) is 12.0. The summed E-state index contributed by atoms with van der Waals surface area (Å²) >= 11 is 0. The Bertz CT molecular complexity index is 1200. The third kappa shape index (κ3) is 5.12. The van der Waals surface area contributed by atoms with Gasteiger partial charge in [-0.25, -0.2) is 4.79 Å². The van der Waals surface area contributed by atoms with Gasteiger partial charge in [0.15, 0.2) is 0 Å². The molecule has 8 heteroatoms. The average Bonchev–Trinajstić information content (AvgIpc) is 2.90. The Morgan fingerprint density at radius 1 is 0.829 bits per heavy atom. The normalized spacial score (nSPS) is 24.1. The molecule has 4 unspecified atom stereocenters. The van der Waals surface area contributed by atoms with Crippen LogP contribution in [-0.2, 0) is 0 Å². The molecule has 0 saturated heterocycles. The first-order valence-corrected chi connectivity index (χ1v) is 12.0. The number of hydrogen-bond acceptors (Lipinski definition) is 7. The van der Waals surface area contributed by atoms with E-state index in [4.69, 9.17) is 10.5 Å². The molecule has 0 radical (unpaired) electrons. The molecule has 4 atom stereocenters. The molecule has 1 aromatic carbocycles. The van der Waals surface area contributed by atoms with Crippen LogP contribution >= 0.6 is 0 Å². The zero-order valence-electron chi connectivity index (χ0n) is 19.3. The second-order valence-electron chi connectivity index (χ2n) is 8.85. The van der Waals surface area contributed by atoms with E-state index in [2.05, 4.69) is 25.5 Å². The maximum Gasteiger partial charge on any atom is 0.412 e. The number of hydrogen-bond donors (Lipinski definition) is 2. The van der Waals surface area contributed by atoms with Gasteiger partial charge in [-0.2, -0.15) is 10.2 Å². The average molecular weight is 469 g/mol. The highest BCUT2D eigenvalue weighted by Crippen LogP contribution is 2.35. The lowest BCUT2D eigenvalue weighted by atomic mass is 9.70. The van der Waals surface area contributed by atoms with E-state index in [9.17, 15) is 4.79 Å². The summed E-state index contributed by atoms with van der Waals surface area (Å²) in [5, 5.41) is 12.3. The molecule has 2 aliphatic rings. The molecule has 1 saturated carbocycles. The minimum absolute atomic E-state index is 0.00384. The van der Waals surface area contributed by atoms with Crippen LogP contribution in [0.3, 0.4) is 0 Å². The summed E-state index contributed by atoms with van der Waals surface area (Å²) < 4.78 is 5.49. The molecule has 5 rings (SSSR count). The summed E-state index contributed by atoms with van der Waals surface area (Å²) in [4.78, 5) is 21.8. The standard InChI is InChI=1S/C27H28N6O2/c28-24-20(31-27(34)35-18-10-2-1-3-11-18)13-5-4-12-19-23(24)26(22-15-7-9-17-30-22)33-32-25(19)21-14-6-8-16-29-21/h1-3,6-11,14-17,19-20,23-24H,4-5,12-13,28H2,(H,31,34). The number of ether oxygens (including phenoxy) is 1. The van der Waals surface area contributed by atoms with Gasteiger partial charge in [0.2, 0.25) is 0 Å². The molecule has 3 aromatic rings. The van der Waals surface area contributed by atoms with Crippen LogP contribution < -0.4 is 15.8 Å². The van der Waals surface area contributed by atoms with Crippen molar-refractivity contribution >= 4 is 17.5 Å². The topological polar surface area (TPSA) is 115 Å². The Hall–Kier alpha value is -3.91. The number of para-hydroxylation sites is 1. The van der Waals surface area contributed by atoms with Crippen molar-refractivity contribution in [1.82, 2.24) is 15.3 Å². The fourth-order valence-electron chi connectivity index (χ4n) is 4.98. The summed E-state index contributed by atoms with van der Waals surface area (Å²) in [5.41, 5.74) is 10.1. The molecule has 1 aliphatic heterocycles. The van der Waals surface area contributed by atoms with Crippen LogP contribution in [0.5, 0.6) is 5.75 Å². The van der Waals surface area contributed by atoms with Crippen LogP contribution in [0.25, 0.3) is 0 Å². The van der Waals surface area contributed by atoms with E-state index in [1.54, 1.807) is 24.5 Å². The van der Waals surface area contributed by atoms with Gasteiger partial charge < -0.3 is 15.8 Å². The number of nitrogens with zero attached hydrogens (tertiary/aromatic N) is 4. The number of nitrogens with two attached hydrogens (primary N) is 1. The van der Waals surface area contributed by atoms with Crippen molar-refractivity contribution in [1.29, 1.82) is 0 Å². The zero-order valence-corrected chi connectivity index (χ0v) is 19.3. The predicted octanol–water partition coefficient (Wildman–Crippen LogP) is 3.97. The molecule has 3 N–H and O–H groups in total. The van der Waals surface area contributed by atoms with Gasteiger partial charge in [0, 0.05) is 36.3 Å². The summed E-state index contributed by atoms with van der Waals surface area (Å²) in [7, 11) is 0. The maximum atomic E-state index is 12.8. The van der Waals surface area contributed by atoms with Crippen LogP contribution in [0.15, 0.2) is 89.3 Å². The van der Waals surface area contributed by atoms with Crippen molar-refractivity contribution in [2.45, 2.75) is 37.8 Å². The molecule has 2 aromatic heterocycles. The van der Waals surface area contributed by atoms with Gasteiger partial charge in [-0.15, -0.1) is 0 Å². The van der Waals surface area contributed by atoms with Crippen molar-refractivity contribution < 1.29 is 9.53 Å². The van der Waals surface area contributed by atoms with E-state index in [-0.39, 0.29) is 17.9 Å². The van der Waals surface area contributed by atoms with E-state index in [1.807, 2.05) is 54.6 Å². The fourth-order valence-corrected chi connectivity index (χ4v) is 4.98. The van der Waals surface area contributed by atoms with E-state index in [0.717, 1.165) is 48.5 Å². The molecule has 0 bridgehead atoms. The number of benzene rings is 1. The Morgan fingerprint density at radius 2 is 1.46 bits per heavy atom. The molecule has 1 aliphatic carbocycles. The summed E-state index contributed by atoms with van der Waals surface area (Å²) in [6.07, 6.45) is 6.55. The molecular formula is C27H28N6O2. The predicted molar refractivity (Wildman–Crippen MR) is 134 cm³/mol. The van der Waals surface area contributed by atoms with Crippen LogP contribution in [-0.4, -0.2) is 39.6 Å². The lowest BCUT2D eigenvalue weighted by molar-refractivity contribution is 0.187. The van der Waals surface area contributed by atoms with Crippen molar-refractivity contribution in [3.05, 3.63) is 90.5 Å². The molecule has 1 fully saturated rings. The Balaban J connectivity index is 1.47. The number of amides is 1. The van der Waals surface area contributed by atoms with Crippen molar-refractivity contribution in [3.8, 4) is 5.75 Å². The smallest absolute Gasteiger partial charge is 0.410 e. The van der Waals surface area contributed by atoms with Crippen LogP contribution in [0.1, 0.15) is 37.1 Å². The first kappa shape index (κ1) is 22.9. The summed E-state index contributed by atoms with van der Waals surface area (Å²) in [6.45, 7) is 0. The Morgan fingerprint density at radius 3 is 2.14 bits per heavy atom. The van der Waals surface area contributed by atoms with Gasteiger partial charge in [0.25, 0.3) is 0 Å². The minimum Gasteiger partial charge on any atom is -0.410 e. The quantitative estimate of drug-likeness (QED) is 0.601. The molecule has 35 heavy (non-hydrogen) atoms. The van der Waals surface area contributed by atoms with E-state index in [0.29, 0.717) is 5.75 Å². The molecule has 8 nitrogen and oxygen atoms in total. The van der Waals surface area contributed by atoms with Crippen LogP contribution in [0.2, 0.25) is 0 Å². The molecule has 0 spiro atoms. The highest BCUT2D eigenvalue weighted by molar-refractivity contribution is 6.10. The zero-order chi connectivity index (χ0) is 24.0. The number of pyridine rings is 2. The summed E-state index contributed by atoms with van der Waals surface area (Å²) in [6, 6.07) is 19.8. The molecule has 3 heterocycles. The number of rotatable bonds is 4. The van der Waals surface area contributed by atoms with Gasteiger partial charge in [0.05, 0.1) is 22.8 Å². The van der Waals surface area contributed by atoms with E-state index >= 15 is 0 Å². The van der Waals surface area contributed by atoms with E-state index in [1.165, 1.54) is 0 Å². The SMILES string of the molecule is NC1C(NC(=O)Oc2ccccc2)CCCCC2C(c3ccccn3)=NN=C(c3ccccn3)C21. The molecular weight excluding hydrogens is 440 g/mol. The van der Waals surface area contributed by atoms with Gasteiger partial charge in [-0.05, 0) is 49.2 Å². The van der Waals surface area contributed by atoms with Crippen LogP contribution in [0, 0.1) is 11.8 Å². The van der Waals surface area contributed by atoms with Gasteiger partial charge in [-0.1, -0.05) is 43.2 Å². The molecule has 1 amide bonds. The third-order valence-electron chi connectivity index (χ3n) is 6.64. The van der Waals surface area contributed by atoms with Gasteiger partial charge in [-0.3, -0.25) is 9.97 Å². The fraction of sp³-hybridized carbons (Fsp3) is 0.296. The molecule has 178 valence electrons. The van der Waals surface area contributed by atoms with Gasteiger partial charge in [0.1, 0.15) is 5.75 Å². The number of carbonyl (C=O) groups is 1. The number of aromatic nitrogens is 2. The highest BCUT2D eigenvalue weighted by atomic mass is 16.6. The van der Waals surface area contributed by atoms with Crippen LogP contribution in [0.4, 0.5) is 4.79 Å². The lowest BCUT2D eigenvalue weighted by Gasteiger charge is -2.40. The number of nitrogens with one attached hydrogen (secondary N) is 1. The number of carbonyl (C=O) groups excluding carboxylic acids is 1. The monoisotopic (exact) mass is 468 g/mol. The third-order valence-corrected chi connectivity index (χ3v) is 6.64. The maximum absolute atomic E-state index is 12.8. The van der Waals surface area contributed by atoms with Crippen molar-refractivity contribution in [2.75, 3.05) is 0 Å². The van der Waals surface area contributed by atoms with Crippen molar-refractivity contribution in [2.24, 2.45) is 27.8 Å². The van der Waals surface area contributed by atoms with E-state index < -0.39 is 12.1 Å². The highest BCUT2D eigenvalue weighted by Gasteiger charge is 2.43.